The molecule has 1 aromatic carbocycles. The van der Waals surface area contributed by atoms with E-state index in [-0.39, 0.29) is 5.91 Å². The molecule has 0 fully saturated rings. The standard InChI is InChI=1S/C17H21ClN4O3/c1-19-17(23)15-11-9-22(5-4-13(11)20-21-15)8-10-6-12(18)16(25-3)14(7-10)24-2/h6-7H,4-5,8-9H2,1-3H3,(H,19,23)(H,20,21). The lowest BCUT2D eigenvalue weighted by Gasteiger charge is -2.27. The zero-order chi connectivity index (χ0) is 18.0. The maximum Gasteiger partial charge on any atom is 0.271 e. The van der Waals surface area contributed by atoms with Crippen molar-refractivity contribution < 1.29 is 14.3 Å². The third-order valence-electron chi connectivity index (χ3n) is 4.35. The molecule has 8 heteroatoms. The molecule has 1 aliphatic heterocycles. The van der Waals surface area contributed by atoms with Crippen LogP contribution in [0.5, 0.6) is 11.5 Å². The van der Waals surface area contributed by atoms with Gasteiger partial charge in [-0.25, -0.2) is 0 Å². The minimum absolute atomic E-state index is 0.173. The van der Waals surface area contributed by atoms with Crippen molar-refractivity contribution in [2.75, 3.05) is 27.8 Å². The molecular formula is C17H21ClN4O3. The summed E-state index contributed by atoms with van der Waals surface area (Å²) in [5.74, 6) is 0.969. The number of ether oxygens (including phenoxy) is 2. The number of carbonyl (C=O) groups excluding carboxylic acids is 1. The lowest BCUT2D eigenvalue weighted by Crippen LogP contribution is -2.31. The molecule has 25 heavy (non-hydrogen) atoms. The number of rotatable bonds is 5. The number of hydrogen-bond donors (Lipinski definition) is 2. The summed E-state index contributed by atoms with van der Waals surface area (Å²) in [5, 5.41) is 10.3. The van der Waals surface area contributed by atoms with Crippen LogP contribution in [0.2, 0.25) is 5.02 Å². The molecule has 1 amide bonds. The fourth-order valence-corrected chi connectivity index (χ4v) is 3.42. The first-order chi connectivity index (χ1) is 12.1. The maximum absolute atomic E-state index is 12.0. The molecular weight excluding hydrogens is 344 g/mol. The lowest BCUT2D eigenvalue weighted by molar-refractivity contribution is 0.0955. The summed E-state index contributed by atoms with van der Waals surface area (Å²) in [6, 6.07) is 3.81. The molecule has 0 unspecified atom stereocenters. The van der Waals surface area contributed by atoms with Crippen LogP contribution in [0, 0.1) is 0 Å². The SMILES string of the molecule is CNC(=O)c1n[nH]c2c1CN(Cc1cc(Cl)c(OC)c(OC)c1)CC2. The Kier molecular flexibility index (Phi) is 5.15. The van der Waals surface area contributed by atoms with Crippen molar-refractivity contribution >= 4 is 17.5 Å². The summed E-state index contributed by atoms with van der Waals surface area (Å²) in [7, 11) is 4.76. The van der Waals surface area contributed by atoms with Gasteiger partial charge in [0.25, 0.3) is 5.91 Å². The second-order valence-corrected chi connectivity index (χ2v) is 6.29. The number of amides is 1. The first kappa shape index (κ1) is 17.6. The Balaban J connectivity index is 1.80. The Hall–Kier alpha value is -2.25. The quantitative estimate of drug-likeness (QED) is 0.848. The first-order valence-electron chi connectivity index (χ1n) is 7.98. The topological polar surface area (TPSA) is 79.5 Å². The van der Waals surface area contributed by atoms with Gasteiger partial charge in [-0.05, 0) is 17.7 Å². The molecule has 3 rings (SSSR count). The zero-order valence-electron chi connectivity index (χ0n) is 14.5. The molecule has 0 bridgehead atoms. The van der Waals surface area contributed by atoms with Gasteiger partial charge in [0, 0.05) is 44.4 Å². The number of methoxy groups -OCH3 is 2. The second-order valence-electron chi connectivity index (χ2n) is 5.88. The van der Waals surface area contributed by atoms with Crippen LogP contribution in [0.4, 0.5) is 0 Å². The summed E-state index contributed by atoms with van der Waals surface area (Å²) in [6.07, 6.45) is 0.820. The van der Waals surface area contributed by atoms with Gasteiger partial charge in [-0.1, -0.05) is 11.6 Å². The highest BCUT2D eigenvalue weighted by atomic mass is 35.5. The summed E-state index contributed by atoms with van der Waals surface area (Å²) >= 11 is 6.29. The van der Waals surface area contributed by atoms with Crippen LogP contribution in [-0.2, 0) is 19.5 Å². The number of fused-ring (bicyclic) bond motifs is 1. The van der Waals surface area contributed by atoms with E-state index in [1.165, 1.54) is 0 Å². The van der Waals surface area contributed by atoms with Crippen molar-refractivity contribution in [1.82, 2.24) is 20.4 Å². The molecule has 1 aliphatic rings. The van der Waals surface area contributed by atoms with Crippen molar-refractivity contribution in [3.05, 3.63) is 39.7 Å². The third kappa shape index (κ3) is 3.43. The van der Waals surface area contributed by atoms with Gasteiger partial charge >= 0.3 is 0 Å². The number of nitrogens with one attached hydrogen (secondary N) is 2. The van der Waals surface area contributed by atoms with Crippen LogP contribution < -0.4 is 14.8 Å². The molecule has 0 aliphatic carbocycles. The Morgan fingerprint density at radius 1 is 1.40 bits per heavy atom. The highest BCUT2D eigenvalue weighted by molar-refractivity contribution is 6.32. The van der Waals surface area contributed by atoms with Crippen LogP contribution in [0.25, 0.3) is 0 Å². The van der Waals surface area contributed by atoms with Crippen molar-refractivity contribution in [3.8, 4) is 11.5 Å². The van der Waals surface area contributed by atoms with Crippen molar-refractivity contribution in [2.45, 2.75) is 19.5 Å². The predicted octanol–water partition coefficient (Wildman–Crippen LogP) is 2.00. The van der Waals surface area contributed by atoms with Gasteiger partial charge in [-0.15, -0.1) is 0 Å². The predicted molar refractivity (Wildman–Crippen MR) is 94.4 cm³/mol. The van der Waals surface area contributed by atoms with Crippen LogP contribution in [0.3, 0.4) is 0 Å². The number of H-pyrrole nitrogens is 1. The van der Waals surface area contributed by atoms with E-state index in [2.05, 4.69) is 20.4 Å². The number of aromatic nitrogens is 2. The number of aromatic amines is 1. The lowest BCUT2D eigenvalue weighted by atomic mass is 10.0. The number of carbonyl (C=O) groups is 1. The van der Waals surface area contributed by atoms with Crippen LogP contribution in [0.15, 0.2) is 12.1 Å². The smallest absolute Gasteiger partial charge is 0.271 e. The molecule has 0 saturated carbocycles. The largest absolute Gasteiger partial charge is 0.493 e. The fraction of sp³-hybridized carbons (Fsp3) is 0.412. The summed E-state index contributed by atoms with van der Waals surface area (Å²) in [4.78, 5) is 14.2. The van der Waals surface area contributed by atoms with E-state index in [9.17, 15) is 4.79 Å². The molecule has 2 N–H and O–H groups in total. The average molecular weight is 365 g/mol. The van der Waals surface area contributed by atoms with E-state index in [0.717, 1.165) is 29.8 Å². The number of benzene rings is 1. The normalized spacial score (nSPS) is 14.1. The Labute approximate surface area is 151 Å². The Morgan fingerprint density at radius 3 is 2.88 bits per heavy atom. The van der Waals surface area contributed by atoms with Crippen LogP contribution in [-0.4, -0.2) is 48.8 Å². The average Bonchev–Trinajstić information content (AvgIpc) is 3.03. The number of nitrogens with zero attached hydrogens (tertiary/aromatic N) is 2. The van der Waals surface area contributed by atoms with Crippen molar-refractivity contribution in [2.24, 2.45) is 0 Å². The van der Waals surface area contributed by atoms with E-state index in [1.807, 2.05) is 12.1 Å². The third-order valence-corrected chi connectivity index (χ3v) is 4.63. The van der Waals surface area contributed by atoms with Crippen molar-refractivity contribution in [3.63, 3.8) is 0 Å². The second kappa shape index (κ2) is 7.33. The number of halogens is 1. The van der Waals surface area contributed by atoms with Crippen molar-refractivity contribution in [1.29, 1.82) is 0 Å². The van der Waals surface area contributed by atoms with E-state index in [0.29, 0.717) is 35.3 Å². The van der Waals surface area contributed by atoms with Gasteiger partial charge in [-0.2, -0.15) is 5.10 Å². The molecule has 1 aromatic heterocycles. The van der Waals surface area contributed by atoms with Gasteiger partial charge in [-0.3, -0.25) is 14.8 Å². The molecule has 0 spiro atoms. The zero-order valence-corrected chi connectivity index (χ0v) is 15.2. The fourth-order valence-electron chi connectivity index (χ4n) is 3.11. The highest BCUT2D eigenvalue weighted by Crippen LogP contribution is 2.36. The number of hydrogen-bond acceptors (Lipinski definition) is 5. The highest BCUT2D eigenvalue weighted by Gasteiger charge is 2.25. The van der Waals surface area contributed by atoms with E-state index >= 15 is 0 Å². The molecule has 2 heterocycles. The molecule has 7 nitrogen and oxygen atoms in total. The van der Waals surface area contributed by atoms with E-state index in [4.69, 9.17) is 21.1 Å². The molecule has 0 radical (unpaired) electrons. The van der Waals surface area contributed by atoms with Crippen LogP contribution >= 0.6 is 11.6 Å². The summed E-state index contributed by atoms with van der Waals surface area (Å²) in [5.41, 5.74) is 3.47. The maximum atomic E-state index is 12.0. The molecule has 2 aromatic rings. The summed E-state index contributed by atoms with van der Waals surface area (Å²) in [6.45, 7) is 2.22. The minimum Gasteiger partial charge on any atom is -0.493 e. The minimum atomic E-state index is -0.173. The van der Waals surface area contributed by atoms with Gasteiger partial charge < -0.3 is 14.8 Å². The Morgan fingerprint density at radius 2 is 2.20 bits per heavy atom. The van der Waals surface area contributed by atoms with Gasteiger partial charge in [0.2, 0.25) is 0 Å². The molecule has 0 atom stereocenters. The monoisotopic (exact) mass is 364 g/mol. The molecule has 0 saturated heterocycles. The van der Waals surface area contributed by atoms with E-state index in [1.54, 1.807) is 21.3 Å². The van der Waals surface area contributed by atoms with Gasteiger partial charge in [0.05, 0.1) is 19.2 Å². The molecule has 134 valence electrons. The van der Waals surface area contributed by atoms with Gasteiger partial charge in [0.15, 0.2) is 17.2 Å². The first-order valence-corrected chi connectivity index (χ1v) is 8.36. The van der Waals surface area contributed by atoms with Gasteiger partial charge in [0.1, 0.15) is 0 Å². The van der Waals surface area contributed by atoms with Crippen LogP contribution in [0.1, 0.15) is 27.3 Å². The van der Waals surface area contributed by atoms with E-state index < -0.39 is 0 Å². The Bertz CT molecular complexity index is 790. The summed E-state index contributed by atoms with van der Waals surface area (Å²) < 4.78 is 10.6.